The van der Waals surface area contributed by atoms with Gasteiger partial charge >= 0.3 is 5.97 Å². The monoisotopic (exact) mass is 283 g/mol. The Bertz CT molecular complexity index is 480. The summed E-state index contributed by atoms with van der Waals surface area (Å²) in [6.45, 7) is 9.43. The maximum Gasteiger partial charge on any atom is 0.311 e. The lowest BCUT2D eigenvalue weighted by Crippen LogP contribution is -2.46. The van der Waals surface area contributed by atoms with Crippen molar-refractivity contribution in [3.63, 3.8) is 0 Å². The predicted octanol–water partition coefficient (Wildman–Crippen LogP) is 2.53. The van der Waals surface area contributed by atoms with E-state index in [1.54, 1.807) is 0 Å². The molecule has 0 amide bonds. The second kappa shape index (κ2) is 4.74. The molecule has 1 aromatic rings. The average Bonchev–Trinajstić information content (AvgIpc) is 2.77. The summed E-state index contributed by atoms with van der Waals surface area (Å²) in [5.74, 6) is 0.105. The fraction of sp³-hybridized carbons (Fsp3) is 0.769. The van der Waals surface area contributed by atoms with Crippen LogP contribution in [-0.4, -0.2) is 33.5 Å². The topological polar surface area (TPSA) is 66.3 Å². The van der Waals surface area contributed by atoms with Crippen molar-refractivity contribution in [3.05, 3.63) is 5.82 Å². The normalized spacial score (nSPS) is 24.5. The van der Waals surface area contributed by atoms with Crippen LogP contribution in [0.5, 0.6) is 0 Å². The van der Waals surface area contributed by atoms with Crippen LogP contribution in [0.3, 0.4) is 0 Å². The zero-order chi connectivity index (χ0) is 14.3. The van der Waals surface area contributed by atoms with E-state index in [9.17, 15) is 9.90 Å². The van der Waals surface area contributed by atoms with E-state index in [4.69, 9.17) is 0 Å². The summed E-state index contributed by atoms with van der Waals surface area (Å²) in [4.78, 5) is 18.0. The van der Waals surface area contributed by atoms with Gasteiger partial charge in [0.15, 0.2) is 0 Å². The molecule has 2 heterocycles. The van der Waals surface area contributed by atoms with Crippen LogP contribution in [0, 0.1) is 5.41 Å². The number of anilines is 1. The highest BCUT2D eigenvalue weighted by Gasteiger charge is 2.39. The fourth-order valence-electron chi connectivity index (χ4n) is 2.23. The van der Waals surface area contributed by atoms with Gasteiger partial charge in [-0.25, -0.2) is 4.98 Å². The summed E-state index contributed by atoms with van der Waals surface area (Å²) >= 11 is 1.37. The SMILES string of the molecule is CC1(C(=O)O)CCCN(c2nc(C(C)(C)C)ns2)C1. The van der Waals surface area contributed by atoms with E-state index in [-0.39, 0.29) is 5.41 Å². The lowest BCUT2D eigenvalue weighted by molar-refractivity contribution is -0.148. The van der Waals surface area contributed by atoms with Crippen LogP contribution in [0.2, 0.25) is 0 Å². The molecule has 1 aliphatic heterocycles. The third-order valence-electron chi connectivity index (χ3n) is 3.57. The van der Waals surface area contributed by atoms with E-state index in [2.05, 4.69) is 35.0 Å². The van der Waals surface area contributed by atoms with Gasteiger partial charge in [0.2, 0.25) is 5.13 Å². The number of aromatic nitrogens is 2. The van der Waals surface area contributed by atoms with Crippen LogP contribution in [0.15, 0.2) is 0 Å². The lowest BCUT2D eigenvalue weighted by Gasteiger charge is -2.37. The van der Waals surface area contributed by atoms with Crippen molar-refractivity contribution in [1.82, 2.24) is 9.36 Å². The first-order valence-electron chi connectivity index (χ1n) is 6.55. The van der Waals surface area contributed by atoms with Crippen molar-refractivity contribution < 1.29 is 9.90 Å². The summed E-state index contributed by atoms with van der Waals surface area (Å²) in [6, 6.07) is 0. The number of aliphatic carboxylic acids is 1. The van der Waals surface area contributed by atoms with Crippen LogP contribution < -0.4 is 4.90 Å². The Balaban J connectivity index is 2.18. The van der Waals surface area contributed by atoms with Gasteiger partial charge in [0, 0.05) is 30.0 Å². The van der Waals surface area contributed by atoms with Crippen LogP contribution >= 0.6 is 11.5 Å². The van der Waals surface area contributed by atoms with E-state index in [1.165, 1.54) is 11.5 Å². The van der Waals surface area contributed by atoms with Gasteiger partial charge in [0.1, 0.15) is 5.82 Å². The number of carbonyl (C=O) groups is 1. The van der Waals surface area contributed by atoms with Gasteiger partial charge in [-0.15, -0.1) is 0 Å². The summed E-state index contributed by atoms with van der Waals surface area (Å²) in [5.41, 5.74) is -0.744. The number of rotatable bonds is 2. The Morgan fingerprint density at radius 2 is 2.16 bits per heavy atom. The van der Waals surface area contributed by atoms with E-state index < -0.39 is 11.4 Å². The van der Waals surface area contributed by atoms with E-state index in [0.717, 1.165) is 30.3 Å². The Morgan fingerprint density at radius 3 is 2.68 bits per heavy atom. The molecule has 0 radical (unpaired) electrons. The molecule has 1 fully saturated rings. The number of nitrogens with zero attached hydrogens (tertiary/aromatic N) is 3. The highest BCUT2D eigenvalue weighted by molar-refractivity contribution is 7.09. The largest absolute Gasteiger partial charge is 0.481 e. The number of hydrogen-bond acceptors (Lipinski definition) is 5. The molecule has 5 nitrogen and oxygen atoms in total. The maximum atomic E-state index is 11.4. The van der Waals surface area contributed by atoms with Gasteiger partial charge in [-0.1, -0.05) is 20.8 Å². The van der Waals surface area contributed by atoms with Gasteiger partial charge in [-0.3, -0.25) is 4.79 Å². The van der Waals surface area contributed by atoms with E-state index >= 15 is 0 Å². The molecule has 1 saturated heterocycles. The molecule has 0 spiro atoms. The molecule has 1 atom stereocenters. The molecular formula is C13H21N3O2S. The third-order valence-corrected chi connectivity index (χ3v) is 4.35. The zero-order valence-corrected chi connectivity index (χ0v) is 12.8. The van der Waals surface area contributed by atoms with Crippen molar-refractivity contribution in [2.24, 2.45) is 5.41 Å². The first kappa shape index (κ1) is 14.2. The number of carboxylic acid groups (broad SMARTS) is 1. The summed E-state index contributed by atoms with van der Waals surface area (Å²) in [5, 5.41) is 10.2. The Labute approximate surface area is 117 Å². The first-order valence-corrected chi connectivity index (χ1v) is 7.32. The van der Waals surface area contributed by atoms with E-state index in [1.807, 2.05) is 6.92 Å². The zero-order valence-electron chi connectivity index (χ0n) is 11.9. The van der Waals surface area contributed by atoms with Gasteiger partial charge in [0.25, 0.3) is 0 Å². The standard InChI is InChI=1S/C13H21N3O2S/c1-12(2,3)9-14-11(19-15-9)16-7-5-6-13(4,8-16)10(17)18/h5-8H2,1-4H3,(H,17,18). The van der Waals surface area contributed by atoms with Crippen LogP contribution in [0.25, 0.3) is 0 Å². The van der Waals surface area contributed by atoms with Crippen molar-refractivity contribution >= 4 is 22.6 Å². The first-order chi connectivity index (χ1) is 8.72. The molecule has 0 bridgehead atoms. The fourth-order valence-corrected chi connectivity index (χ4v) is 3.11. The molecule has 1 N–H and O–H groups in total. The quantitative estimate of drug-likeness (QED) is 0.903. The van der Waals surface area contributed by atoms with Crippen molar-refractivity contribution in [1.29, 1.82) is 0 Å². The van der Waals surface area contributed by atoms with Crippen molar-refractivity contribution in [2.45, 2.75) is 46.0 Å². The van der Waals surface area contributed by atoms with Gasteiger partial charge < -0.3 is 10.0 Å². The third kappa shape index (κ3) is 2.88. The van der Waals surface area contributed by atoms with Crippen LogP contribution in [0.1, 0.15) is 46.4 Å². The molecule has 0 saturated carbocycles. The highest BCUT2D eigenvalue weighted by atomic mass is 32.1. The van der Waals surface area contributed by atoms with Crippen LogP contribution in [0.4, 0.5) is 5.13 Å². The molecule has 0 aliphatic carbocycles. The molecule has 0 aromatic carbocycles. The molecule has 6 heteroatoms. The minimum absolute atomic E-state index is 0.0688. The molecule has 1 aromatic heterocycles. The minimum atomic E-state index is -0.724. The minimum Gasteiger partial charge on any atom is -0.481 e. The Kier molecular flexibility index (Phi) is 3.55. The second-order valence-electron chi connectivity index (χ2n) is 6.54. The van der Waals surface area contributed by atoms with E-state index in [0.29, 0.717) is 6.54 Å². The lowest BCUT2D eigenvalue weighted by atomic mass is 9.82. The van der Waals surface area contributed by atoms with Gasteiger partial charge in [-0.2, -0.15) is 4.37 Å². The average molecular weight is 283 g/mol. The number of hydrogen-bond donors (Lipinski definition) is 1. The van der Waals surface area contributed by atoms with Gasteiger partial charge in [0.05, 0.1) is 5.41 Å². The number of carboxylic acids is 1. The molecule has 106 valence electrons. The molecule has 1 aliphatic rings. The Hall–Kier alpha value is -1.17. The molecule has 19 heavy (non-hydrogen) atoms. The van der Waals surface area contributed by atoms with Crippen LogP contribution in [-0.2, 0) is 10.2 Å². The summed E-state index contributed by atoms with van der Waals surface area (Å²) in [7, 11) is 0. The Morgan fingerprint density at radius 1 is 1.47 bits per heavy atom. The second-order valence-corrected chi connectivity index (χ2v) is 7.27. The predicted molar refractivity (Wildman–Crippen MR) is 75.8 cm³/mol. The number of piperidine rings is 1. The summed E-state index contributed by atoms with van der Waals surface area (Å²) in [6.07, 6.45) is 1.61. The summed E-state index contributed by atoms with van der Waals surface area (Å²) < 4.78 is 4.40. The van der Waals surface area contributed by atoms with Gasteiger partial charge in [-0.05, 0) is 19.8 Å². The molecule has 1 unspecified atom stereocenters. The van der Waals surface area contributed by atoms with Crippen molar-refractivity contribution in [2.75, 3.05) is 18.0 Å². The highest BCUT2D eigenvalue weighted by Crippen LogP contribution is 2.34. The molecular weight excluding hydrogens is 262 g/mol. The smallest absolute Gasteiger partial charge is 0.311 e. The molecule has 2 rings (SSSR count). The maximum absolute atomic E-state index is 11.4. The van der Waals surface area contributed by atoms with Crippen molar-refractivity contribution in [3.8, 4) is 0 Å².